The van der Waals surface area contributed by atoms with Crippen LogP contribution in [-0.2, 0) is 16.4 Å². The molecule has 0 fully saturated rings. The molecule has 0 unspecified atom stereocenters. The van der Waals surface area contributed by atoms with Gasteiger partial charge in [-0.05, 0) is 86.1 Å². The summed E-state index contributed by atoms with van der Waals surface area (Å²) in [5.74, 6) is 0. The van der Waals surface area contributed by atoms with Crippen LogP contribution in [0.3, 0.4) is 0 Å². The monoisotopic (exact) mass is 402 g/mol. The summed E-state index contributed by atoms with van der Waals surface area (Å²) in [4.78, 5) is 2.51. The van der Waals surface area contributed by atoms with E-state index in [4.69, 9.17) is 0 Å². The smallest absolute Gasteiger partial charge is 0.241 e. The van der Waals surface area contributed by atoms with Crippen LogP contribution in [0, 0.1) is 34.6 Å². The summed E-state index contributed by atoms with van der Waals surface area (Å²) >= 11 is 0. The van der Waals surface area contributed by atoms with Crippen molar-refractivity contribution in [1.82, 2.24) is 4.72 Å². The van der Waals surface area contributed by atoms with Gasteiger partial charge in [-0.15, -0.1) is 0 Å². The Morgan fingerprint density at radius 2 is 1.61 bits per heavy atom. The van der Waals surface area contributed by atoms with Crippen molar-refractivity contribution >= 4 is 15.7 Å². The summed E-state index contributed by atoms with van der Waals surface area (Å²) in [6.07, 6.45) is 0.0533. The number of hydrogen-bond acceptors (Lipinski definition) is 4. The minimum Gasteiger partial charge on any atom is -0.387 e. The van der Waals surface area contributed by atoms with Crippen molar-refractivity contribution in [1.29, 1.82) is 0 Å². The molecule has 0 amide bonds. The summed E-state index contributed by atoms with van der Waals surface area (Å²) in [7, 11) is -1.68. The molecule has 5 nitrogen and oxygen atoms in total. The lowest BCUT2D eigenvalue weighted by molar-refractivity contribution is 0.182. The number of aliphatic hydroxyl groups is 1. The summed E-state index contributed by atoms with van der Waals surface area (Å²) in [5, 5.41) is 10.6. The molecule has 2 aromatic rings. The van der Waals surface area contributed by atoms with Crippen LogP contribution < -0.4 is 9.62 Å². The lowest BCUT2D eigenvalue weighted by Crippen LogP contribution is -2.30. The van der Waals surface area contributed by atoms with Crippen LogP contribution in [0.4, 0.5) is 5.69 Å². The zero-order chi connectivity index (χ0) is 20.8. The second kappa shape index (κ2) is 7.50. The van der Waals surface area contributed by atoms with Crippen LogP contribution in [0.25, 0.3) is 0 Å². The summed E-state index contributed by atoms with van der Waals surface area (Å²) < 4.78 is 28.7. The highest BCUT2D eigenvalue weighted by Crippen LogP contribution is 2.31. The minimum absolute atomic E-state index is 0.0538. The quantitative estimate of drug-likeness (QED) is 0.806. The first kappa shape index (κ1) is 20.8. The molecule has 3 rings (SSSR count). The standard InChI is InChI=1S/C22H30N2O3S/c1-13-14(2)16(4)22(17(5)15(13)3)28(26,27)23-12-21(25)19-7-8-20-18(11-19)9-10-24(20)6/h7-8,11,21,23,25H,9-10,12H2,1-6H3/t21-/m0/s1. The number of aliphatic hydroxyl groups excluding tert-OH is 1. The van der Waals surface area contributed by atoms with E-state index in [9.17, 15) is 13.5 Å². The number of benzene rings is 2. The van der Waals surface area contributed by atoms with Crippen molar-refractivity contribution in [3.63, 3.8) is 0 Å². The molecule has 2 N–H and O–H groups in total. The Labute approximate surface area is 168 Å². The summed E-state index contributed by atoms with van der Waals surface area (Å²) in [6.45, 7) is 10.5. The second-order valence-electron chi connectivity index (χ2n) is 7.88. The predicted octanol–water partition coefficient (Wildman–Crippen LogP) is 3.23. The summed E-state index contributed by atoms with van der Waals surface area (Å²) in [6, 6.07) is 5.85. The molecule has 152 valence electrons. The van der Waals surface area contributed by atoms with Crippen LogP contribution in [-0.4, -0.2) is 33.7 Å². The molecule has 1 aliphatic heterocycles. The number of nitrogens with one attached hydrogen (secondary N) is 1. The molecule has 0 radical (unpaired) electrons. The van der Waals surface area contributed by atoms with Gasteiger partial charge in [0.2, 0.25) is 10.0 Å². The van der Waals surface area contributed by atoms with Gasteiger partial charge in [0.05, 0.1) is 11.0 Å². The fourth-order valence-corrected chi connectivity index (χ4v) is 5.68. The number of sulfonamides is 1. The van der Waals surface area contributed by atoms with Crippen molar-refractivity contribution in [3.8, 4) is 0 Å². The van der Waals surface area contributed by atoms with Crippen molar-refractivity contribution in [2.45, 2.75) is 52.0 Å². The van der Waals surface area contributed by atoms with Crippen LogP contribution >= 0.6 is 0 Å². The van der Waals surface area contributed by atoms with Crippen molar-refractivity contribution < 1.29 is 13.5 Å². The SMILES string of the molecule is Cc1c(C)c(C)c(S(=O)(=O)NC[C@H](O)c2ccc3c(c2)CCN3C)c(C)c1C. The molecule has 6 heteroatoms. The molecule has 0 saturated heterocycles. The average molecular weight is 403 g/mol. The topological polar surface area (TPSA) is 69.6 Å². The molecule has 1 aliphatic rings. The zero-order valence-corrected chi connectivity index (χ0v) is 18.4. The van der Waals surface area contributed by atoms with Gasteiger partial charge >= 0.3 is 0 Å². The Bertz CT molecular complexity index is 1000. The molecule has 1 heterocycles. The molecule has 0 saturated carbocycles. The van der Waals surface area contributed by atoms with Crippen LogP contribution in [0.5, 0.6) is 0 Å². The van der Waals surface area contributed by atoms with Crippen LogP contribution in [0.1, 0.15) is 45.0 Å². The molecule has 28 heavy (non-hydrogen) atoms. The van der Waals surface area contributed by atoms with Crippen LogP contribution in [0.2, 0.25) is 0 Å². The Morgan fingerprint density at radius 1 is 1.04 bits per heavy atom. The Morgan fingerprint density at radius 3 is 2.21 bits per heavy atom. The molecule has 0 aliphatic carbocycles. The Kier molecular flexibility index (Phi) is 5.58. The highest BCUT2D eigenvalue weighted by atomic mass is 32.2. The third-order valence-electron chi connectivity index (χ3n) is 6.28. The molecular weight excluding hydrogens is 372 g/mol. The number of anilines is 1. The lowest BCUT2D eigenvalue weighted by atomic mass is 9.95. The molecule has 0 aromatic heterocycles. The van der Waals surface area contributed by atoms with Crippen molar-refractivity contribution in [2.75, 3.05) is 25.0 Å². The number of likely N-dealkylation sites (N-methyl/N-ethyl adjacent to an activating group) is 1. The first-order valence-corrected chi connectivity index (χ1v) is 11.1. The van der Waals surface area contributed by atoms with E-state index in [1.54, 1.807) is 0 Å². The van der Waals surface area contributed by atoms with Crippen LogP contribution in [0.15, 0.2) is 23.1 Å². The molecule has 0 spiro atoms. The number of fused-ring (bicyclic) bond motifs is 1. The summed E-state index contributed by atoms with van der Waals surface area (Å²) in [5.41, 5.74) is 7.75. The van der Waals surface area contributed by atoms with Gasteiger partial charge in [-0.1, -0.05) is 12.1 Å². The molecule has 0 bridgehead atoms. The van der Waals surface area contributed by atoms with Gasteiger partial charge in [-0.2, -0.15) is 0 Å². The third-order valence-corrected chi connectivity index (χ3v) is 7.98. The maximum absolute atomic E-state index is 13.0. The maximum Gasteiger partial charge on any atom is 0.241 e. The largest absolute Gasteiger partial charge is 0.387 e. The molecule has 2 aromatic carbocycles. The molecular formula is C22H30N2O3S. The van der Waals surface area contributed by atoms with E-state index in [1.807, 2.05) is 59.9 Å². The Hall–Kier alpha value is -1.89. The van der Waals surface area contributed by atoms with E-state index in [0.717, 1.165) is 46.3 Å². The zero-order valence-electron chi connectivity index (χ0n) is 17.5. The maximum atomic E-state index is 13.0. The minimum atomic E-state index is -3.72. The van der Waals surface area contributed by atoms with E-state index < -0.39 is 16.1 Å². The highest BCUT2D eigenvalue weighted by molar-refractivity contribution is 7.89. The van der Waals surface area contributed by atoms with Gasteiger partial charge in [-0.3, -0.25) is 0 Å². The van der Waals surface area contributed by atoms with Crippen molar-refractivity contribution in [2.24, 2.45) is 0 Å². The fraction of sp³-hybridized carbons (Fsp3) is 0.455. The van der Waals surface area contributed by atoms with E-state index in [-0.39, 0.29) is 6.54 Å². The van der Waals surface area contributed by atoms with Gasteiger partial charge in [0.25, 0.3) is 0 Å². The van der Waals surface area contributed by atoms with E-state index >= 15 is 0 Å². The number of hydrogen-bond donors (Lipinski definition) is 2. The van der Waals surface area contributed by atoms with Gasteiger partial charge in [0.15, 0.2) is 0 Å². The van der Waals surface area contributed by atoms with E-state index in [1.165, 1.54) is 11.3 Å². The fourth-order valence-electron chi connectivity index (χ4n) is 4.04. The van der Waals surface area contributed by atoms with E-state index in [0.29, 0.717) is 4.90 Å². The predicted molar refractivity (Wildman–Crippen MR) is 114 cm³/mol. The lowest BCUT2D eigenvalue weighted by Gasteiger charge is -2.20. The van der Waals surface area contributed by atoms with Gasteiger partial charge in [0, 0.05) is 25.8 Å². The second-order valence-corrected chi connectivity index (χ2v) is 9.59. The van der Waals surface area contributed by atoms with Crippen molar-refractivity contribution in [3.05, 3.63) is 57.1 Å². The average Bonchev–Trinajstić information content (AvgIpc) is 3.03. The molecule has 1 atom stereocenters. The van der Waals surface area contributed by atoms with E-state index in [2.05, 4.69) is 9.62 Å². The first-order chi connectivity index (χ1) is 13.0. The number of nitrogens with zero attached hydrogens (tertiary/aromatic N) is 1. The third kappa shape index (κ3) is 3.56. The number of rotatable bonds is 5. The first-order valence-electron chi connectivity index (χ1n) is 9.63. The Balaban J connectivity index is 1.83. The van der Waals surface area contributed by atoms with Gasteiger partial charge in [-0.25, -0.2) is 13.1 Å². The van der Waals surface area contributed by atoms with Gasteiger partial charge < -0.3 is 10.0 Å². The van der Waals surface area contributed by atoms with Gasteiger partial charge in [0.1, 0.15) is 0 Å². The normalized spacial score (nSPS) is 15.0. The highest BCUT2D eigenvalue weighted by Gasteiger charge is 2.25.